The van der Waals surface area contributed by atoms with E-state index in [2.05, 4.69) is 5.32 Å². The van der Waals surface area contributed by atoms with Crippen molar-refractivity contribution in [2.24, 2.45) is 11.1 Å². The molecule has 1 aromatic rings. The number of carbonyl (C=O) groups excluding carboxylic acids is 1. The molecule has 0 saturated heterocycles. The first-order chi connectivity index (χ1) is 9.76. The number of benzene rings is 1. The first kappa shape index (κ1) is 20.1. The Hall–Kier alpha value is -1.86. The highest BCUT2D eigenvalue weighted by atomic mass is 35.5. The van der Waals surface area contributed by atoms with E-state index in [-0.39, 0.29) is 36.0 Å². The number of carbonyl (C=O) groups is 1. The molecule has 0 heterocycles. The van der Waals surface area contributed by atoms with Crippen LogP contribution < -0.4 is 11.1 Å². The van der Waals surface area contributed by atoms with Crippen LogP contribution in [0.25, 0.3) is 0 Å². The van der Waals surface area contributed by atoms with Gasteiger partial charge < -0.3 is 16.0 Å². The minimum Gasteiger partial charge on any atom is -0.371 e. The lowest BCUT2D eigenvalue weighted by molar-refractivity contribution is -0.383. The van der Waals surface area contributed by atoms with Crippen molar-refractivity contribution in [3.05, 3.63) is 34.4 Å². The van der Waals surface area contributed by atoms with Crippen LogP contribution in [0.3, 0.4) is 0 Å². The Morgan fingerprint density at radius 1 is 1.41 bits per heavy atom. The number of nitro groups is 1. The summed E-state index contributed by atoms with van der Waals surface area (Å²) in [6.07, 6.45) is 0. The van der Waals surface area contributed by atoms with Crippen LogP contribution in [0.1, 0.15) is 13.8 Å². The van der Waals surface area contributed by atoms with Gasteiger partial charge in [0.2, 0.25) is 5.91 Å². The molecule has 8 heteroatoms. The lowest BCUT2D eigenvalue weighted by Crippen LogP contribution is -2.41. The molecule has 124 valence electrons. The van der Waals surface area contributed by atoms with Crippen molar-refractivity contribution in [2.75, 3.05) is 32.0 Å². The lowest BCUT2D eigenvalue weighted by atomic mass is 9.93. The standard InChI is InChI=1S/C14H22N4O3.ClH/c1-14(2,9-15)10-17(3)13(19)8-16-11-6-4-5-7-12(11)18(20)21;/h4-7,16H,8-10,15H2,1-3H3;1H. The maximum atomic E-state index is 12.0. The van der Waals surface area contributed by atoms with E-state index in [4.69, 9.17) is 5.73 Å². The van der Waals surface area contributed by atoms with E-state index in [0.29, 0.717) is 18.8 Å². The minimum absolute atomic E-state index is 0. The quantitative estimate of drug-likeness (QED) is 0.587. The number of anilines is 1. The van der Waals surface area contributed by atoms with Crippen LogP contribution in [0.15, 0.2) is 24.3 Å². The second-order valence-electron chi connectivity index (χ2n) is 5.75. The van der Waals surface area contributed by atoms with Crippen molar-refractivity contribution < 1.29 is 9.72 Å². The van der Waals surface area contributed by atoms with Crippen molar-refractivity contribution in [3.8, 4) is 0 Å². The summed E-state index contributed by atoms with van der Waals surface area (Å²) in [5, 5.41) is 13.7. The van der Waals surface area contributed by atoms with Gasteiger partial charge in [-0.1, -0.05) is 26.0 Å². The summed E-state index contributed by atoms with van der Waals surface area (Å²) >= 11 is 0. The molecule has 0 atom stereocenters. The van der Waals surface area contributed by atoms with Crippen molar-refractivity contribution in [3.63, 3.8) is 0 Å². The Kier molecular flexibility index (Phi) is 7.83. The van der Waals surface area contributed by atoms with Crippen LogP contribution in [-0.2, 0) is 4.79 Å². The molecule has 0 aliphatic carbocycles. The number of rotatable bonds is 7. The van der Waals surface area contributed by atoms with E-state index in [1.807, 2.05) is 13.8 Å². The summed E-state index contributed by atoms with van der Waals surface area (Å²) in [6.45, 7) is 4.96. The van der Waals surface area contributed by atoms with Gasteiger partial charge in [-0.3, -0.25) is 14.9 Å². The Morgan fingerprint density at radius 3 is 2.55 bits per heavy atom. The number of amides is 1. The number of nitro benzene ring substituents is 1. The normalized spacial score (nSPS) is 10.5. The van der Waals surface area contributed by atoms with Gasteiger partial charge in [-0.15, -0.1) is 12.4 Å². The van der Waals surface area contributed by atoms with Crippen molar-refractivity contribution in [1.82, 2.24) is 4.90 Å². The fourth-order valence-electron chi connectivity index (χ4n) is 1.88. The highest BCUT2D eigenvalue weighted by molar-refractivity contribution is 5.85. The molecule has 0 unspecified atom stereocenters. The monoisotopic (exact) mass is 330 g/mol. The molecule has 1 amide bonds. The number of hydrogen-bond donors (Lipinski definition) is 2. The van der Waals surface area contributed by atoms with Crippen molar-refractivity contribution in [1.29, 1.82) is 0 Å². The summed E-state index contributed by atoms with van der Waals surface area (Å²) < 4.78 is 0. The van der Waals surface area contributed by atoms with Crippen molar-refractivity contribution >= 4 is 29.7 Å². The van der Waals surface area contributed by atoms with E-state index >= 15 is 0 Å². The fourth-order valence-corrected chi connectivity index (χ4v) is 1.88. The number of nitrogens with one attached hydrogen (secondary N) is 1. The molecular weight excluding hydrogens is 308 g/mol. The zero-order chi connectivity index (χ0) is 16.0. The Morgan fingerprint density at radius 2 is 2.00 bits per heavy atom. The fraction of sp³-hybridized carbons (Fsp3) is 0.500. The van der Waals surface area contributed by atoms with Gasteiger partial charge in [0.05, 0.1) is 11.5 Å². The predicted molar refractivity (Wildman–Crippen MR) is 89.3 cm³/mol. The lowest BCUT2D eigenvalue weighted by Gasteiger charge is -2.29. The highest BCUT2D eigenvalue weighted by Gasteiger charge is 2.21. The molecule has 0 aromatic heterocycles. The van der Waals surface area contributed by atoms with E-state index in [1.165, 1.54) is 6.07 Å². The zero-order valence-corrected chi connectivity index (χ0v) is 13.9. The summed E-state index contributed by atoms with van der Waals surface area (Å²) in [4.78, 5) is 24.0. The van der Waals surface area contributed by atoms with Crippen LogP contribution >= 0.6 is 12.4 Å². The summed E-state index contributed by atoms with van der Waals surface area (Å²) in [7, 11) is 1.70. The van der Waals surface area contributed by atoms with Crippen molar-refractivity contribution in [2.45, 2.75) is 13.8 Å². The molecule has 22 heavy (non-hydrogen) atoms. The average molecular weight is 331 g/mol. The Balaban J connectivity index is 0.00000441. The summed E-state index contributed by atoms with van der Waals surface area (Å²) in [6, 6.07) is 6.24. The number of nitrogens with zero attached hydrogens (tertiary/aromatic N) is 2. The van der Waals surface area contributed by atoms with Gasteiger partial charge >= 0.3 is 0 Å². The van der Waals surface area contributed by atoms with Gasteiger partial charge in [-0.2, -0.15) is 0 Å². The molecule has 0 bridgehead atoms. The number of likely N-dealkylation sites (N-methyl/N-ethyl adjacent to an activating group) is 1. The number of para-hydroxylation sites is 2. The van der Waals surface area contributed by atoms with E-state index in [1.54, 1.807) is 30.1 Å². The number of halogens is 1. The smallest absolute Gasteiger partial charge is 0.292 e. The van der Waals surface area contributed by atoms with Gasteiger partial charge in [-0.25, -0.2) is 0 Å². The van der Waals surface area contributed by atoms with Crippen LogP contribution in [0.5, 0.6) is 0 Å². The van der Waals surface area contributed by atoms with Crippen LogP contribution in [-0.4, -0.2) is 42.4 Å². The molecule has 7 nitrogen and oxygen atoms in total. The Bertz CT molecular complexity index is 523. The van der Waals surface area contributed by atoms with Gasteiger partial charge in [0.15, 0.2) is 0 Å². The maximum absolute atomic E-state index is 12.0. The predicted octanol–water partition coefficient (Wildman–Crippen LogP) is 1.87. The van der Waals surface area contributed by atoms with Crippen LogP contribution in [0.2, 0.25) is 0 Å². The zero-order valence-electron chi connectivity index (χ0n) is 13.0. The third-order valence-electron chi connectivity index (χ3n) is 3.17. The third-order valence-corrected chi connectivity index (χ3v) is 3.17. The summed E-state index contributed by atoms with van der Waals surface area (Å²) in [5.74, 6) is -0.144. The molecule has 0 aliphatic rings. The van der Waals surface area contributed by atoms with E-state index < -0.39 is 4.92 Å². The van der Waals surface area contributed by atoms with Crippen LogP contribution in [0.4, 0.5) is 11.4 Å². The molecule has 1 rings (SSSR count). The van der Waals surface area contributed by atoms with Crippen LogP contribution in [0, 0.1) is 15.5 Å². The maximum Gasteiger partial charge on any atom is 0.292 e. The topological polar surface area (TPSA) is 102 Å². The molecule has 0 radical (unpaired) electrons. The number of nitrogens with two attached hydrogens (primary N) is 1. The molecule has 0 fully saturated rings. The van der Waals surface area contributed by atoms with Gasteiger partial charge in [-0.05, 0) is 18.0 Å². The molecule has 3 N–H and O–H groups in total. The van der Waals surface area contributed by atoms with E-state index in [0.717, 1.165) is 0 Å². The molecule has 0 spiro atoms. The second kappa shape index (κ2) is 8.55. The second-order valence-corrected chi connectivity index (χ2v) is 5.75. The first-order valence-corrected chi connectivity index (χ1v) is 6.68. The molecular formula is C14H23ClN4O3. The third kappa shape index (κ3) is 5.87. The number of hydrogen-bond acceptors (Lipinski definition) is 5. The summed E-state index contributed by atoms with van der Waals surface area (Å²) in [5.41, 5.74) is 5.77. The van der Waals surface area contributed by atoms with Gasteiger partial charge in [0.25, 0.3) is 5.69 Å². The molecule has 1 aromatic carbocycles. The van der Waals surface area contributed by atoms with Gasteiger partial charge in [0.1, 0.15) is 5.69 Å². The molecule has 0 saturated carbocycles. The highest BCUT2D eigenvalue weighted by Crippen LogP contribution is 2.23. The largest absolute Gasteiger partial charge is 0.371 e. The van der Waals surface area contributed by atoms with Gasteiger partial charge in [0, 0.05) is 19.7 Å². The minimum atomic E-state index is -0.478. The molecule has 0 aliphatic heterocycles. The average Bonchev–Trinajstić information content (AvgIpc) is 2.44. The SMILES string of the molecule is CN(CC(C)(C)CN)C(=O)CNc1ccccc1[N+](=O)[O-].Cl. The Labute approximate surface area is 136 Å². The first-order valence-electron chi connectivity index (χ1n) is 6.68. The van der Waals surface area contributed by atoms with E-state index in [9.17, 15) is 14.9 Å².